The van der Waals surface area contributed by atoms with Crippen molar-refractivity contribution in [1.82, 2.24) is 0 Å². The fourth-order valence-corrected chi connectivity index (χ4v) is 4.65. The van der Waals surface area contributed by atoms with Gasteiger partial charge >= 0.3 is 0 Å². The minimum atomic E-state index is -0.944. The van der Waals surface area contributed by atoms with Crippen molar-refractivity contribution in [2.45, 2.75) is 71.1 Å². The van der Waals surface area contributed by atoms with Crippen LogP contribution in [-0.4, -0.2) is 13.2 Å². The highest BCUT2D eigenvalue weighted by Crippen LogP contribution is 2.41. The average Bonchev–Trinajstić information content (AvgIpc) is 2.78. The third kappa shape index (κ3) is 8.36. The predicted octanol–water partition coefficient (Wildman–Crippen LogP) is 7.80. The molecule has 0 aromatic heterocycles. The maximum Gasteiger partial charge on any atom is 0.192 e. The zero-order valence-electron chi connectivity index (χ0n) is 18.0. The summed E-state index contributed by atoms with van der Waals surface area (Å²) in [5, 5.41) is 0. The molecule has 164 valence electrons. The van der Waals surface area contributed by atoms with Crippen LogP contribution in [0.15, 0.2) is 49.0 Å². The molecule has 0 unspecified atom stereocenters. The summed E-state index contributed by atoms with van der Waals surface area (Å²) >= 11 is 0. The van der Waals surface area contributed by atoms with E-state index in [1.54, 1.807) is 18.4 Å². The fourth-order valence-electron chi connectivity index (χ4n) is 4.65. The number of halogens is 2. The Morgan fingerprint density at radius 2 is 1.69 bits per heavy atom. The van der Waals surface area contributed by atoms with Crippen molar-refractivity contribution in [3.8, 4) is 0 Å². The van der Waals surface area contributed by atoms with Crippen molar-refractivity contribution in [1.29, 1.82) is 0 Å². The van der Waals surface area contributed by atoms with Gasteiger partial charge in [-0.05, 0) is 100 Å². The van der Waals surface area contributed by atoms with E-state index in [1.165, 1.54) is 38.5 Å². The van der Waals surface area contributed by atoms with Gasteiger partial charge in [-0.3, -0.25) is 0 Å². The molecule has 2 aliphatic rings. The first-order valence-electron chi connectivity index (χ1n) is 11.4. The molecule has 0 aromatic carbocycles. The van der Waals surface area contributed by atoms with Gasteiger partial charge in [0.1, 0.15) is 6.33 Å². The van der Waals surface area contributed by atoms with Gasteiger partial charge in [0.25, 0.3) is 0 Å². The van der Waals surface area contributed by atoms with Crippen molar-refractivity contribution in [3.63, 3.8) is 0 Å². The molecule has 0 heterocycles. The number of hydrogen-bond donors (Lipinski definition) is 0. The molecule has 4 heteroatoms. The monoisotopic (exact) mass is 408 g/mol. The number of ether oxygens (including phenoxy) is 2. The van der Waals surface area contributed by atoms with Crippen LogP contribution >= 0.6 is 0 Å². The Labute approximate surface area is 175 Å². The van der Waals surface area contributed by atoms with E-state index in [4.69, 9.17) is 9.47 Å². The summed E-state index contributed by atoms with van der Waals surface area (Å²) in [5.41, 5.74) is 0. The molecule has 2 aliphatic carbocycles. The molecule has 0 atom stereocenters. The average molecular weight is 409 g/mol. The first kappa shape index (κ1) is 23.7. The highest BCUT2D eigenvalue weighted by molar-refractivity contribution is 5.18. The van der Waals surface area contributed by atoms with E-state index in [1.807, 2.05) is 6.92 Å². The van der Waals surface area contributed by atoms with Crippen molar-refractivity contribution in [2.24, 2.45) is 23.7 Å². The first-order valence-corrected chi connectivity index (χ1v) is 11.4. The Balaban J connectivity index is 1.73. The molecule has 0 aromatic rings. The van der Waals surface area contributed by atoms with Crippen molar-refractivity contribution in [3.05, 3.63) is 49.0 Å². The lowest BCUT2D eigenvalue weighted by Gasteiger charge is -2.37. The van der Waals surface area contributed by atoms with E-state index in [0.717, 1.165) is 31.1 Å². The Hall–Kier alpha value is -1.58. The van der Waals surface area contributed by atoms with Gasteiger partial charge in [0, 0.05) is 0 Å². The third-order valence-electron chi connectivity index (χ3n) is 6.47. The van der Waals surface area contributed by atoms with Crippen LogP contribution in [0.3, 0.4) is 0 Å². The SMILES string of the molecule is C=CC1CCC(C2CCC(COC(=C/C/C=C/OCCC)/C(F)=C/F)CC2)CC1. The van der Waals surface area contributed by atoms with Gasteiger partial charge in [-0.25, -0.2) is 8.78 Å². The van der Waals surface area contributed by atoms with Crippen molar-refractivity contribution < 1.29 is 18.3 Å². The number of hydrogen-bond acceptors (Lipinski definition) is 2. The quantitative estimate of drug-likeness (QED) is 0.150. The molecule has 0 radical (unpaired) electrons. The van der Waals surface area contributed by atoms with Gasteiger partial charge in [-0.15, -0.1) is 6.58 Å². The van der Waals surface area contributed by atoms with Crippen LogP contribution in [0.5, 0.6) is 0 Å². The highest BCUT2D eigenvalue weighted by Gasteiger charge is 2.30. The van der Waals surface area contributed by atoms with Crippen LogP contribution in [0, 0.1) is 23.7 Å². The molecular formula is C25H38F2O2. The molecule has 0 amide bonds. The Morgan fingerprint density at radius 3 is 2.28 bits per heavy atom. The van der Waals surface area contributed by atoms with Crippen LogP contribution in [0.4, 0.5) is 8.78 Å². The molecule has 2 nitrogen and oxygen atoms in total. The van der Waals surface area contributed by atoms with Gasteiger partial charge in [-0.2, -0.15) is 0 Å². The van der Waals surface area contributed by atoms with Crippen molar-refractivity contribution in [2.75, 3.05) is 13.2 Å². The molecule has 2 fully saturated rings. The molecule has 2 saturated carbocycles. The fraction of sp³-hybridized carbons (Fsp3) is 0.680. The van der Waals surface area contributed by atoms with Crippen LogP contribution in [0.2, 0.25) is 0 Å². The minimum absolute atomic E-state index is 0.00230. The molecule has 0 spiro atoms. The molecule has 2 rings (SSSR count). The number of rotatable bonds is 11. The smallest absolute Gasteiger partial charge is 0.192 e. The lowest BCUT2D eigenvalue weighted by atomic mass is 9.69. The third-order valence-corrected chi connectivity index (χ3v) is 6.47. The summed E-state index contributed by atoms with van der Waals surface area (Å²) in [5.74, 6) is 1.88. The highest BCUT2D eigenvalue weighted by atomic mass is 19.2. The van der Waals surface area contributed by atoms with E-state index in [0.29, 0.717) is 31.5 Å². The maximum atomic E-state index is 13.8. The van der Waals surface area contributed by atoms with Crippen LogP contribution < -0.4 is 0 Å². The summed E-state index contributed by atoms with van der Waals surface area (Å²) in [6, 6.07) is 0. The zero-order valence-corrected chi connectivity index (χ0v) is 18.0. The van der Waals surface area contributed by atoms with E-state index >= 15 is 0 Å². The lowest BCUT2D eigenvalue weighted by molar-refractivity contribution is 0.101. The Morgan fingerprint density at radius 1 is 1.03 bits per heavy atom. The van der Waals surface area contributed by atoms with Gasteiger partial charge in [0.15, 0.2) is 11.6 Å². The van der Waals surface area contributed by atoms with Crippen LogP contribution in [-0.2, 0) is 9.47 Å². The predicted molar refractivity (Wildman–Crippen MR) is 115 cm³/mol. The second kappa shape index (κ2) is 13.6. The Kier molecular flexibility index (Phi) is 11.1. The number of allylic oxidation sites excluding steroid dienone is 4. The summed E-state index contributed by atoms with van der Waals surface area (Å²) in [4.78, 5) is 0. The molecule has 0 N–H and O–H groups in total. The topological polar surface area (TPSA) is 18.5 Å². The van der Waals surface area contributed by atoms with Gasteiger partial charge < -0.3 is 9.47 Å². The van der Waals surface area contributed by atoms with E-state index in [2.05, 4.69) is 12.7 Å². The van der Waals surface area contributed by atoms with Gasteiger partial charge in [-0.1, -0.05) is 13.0 Å². The normalized spacial score (nSPS) is 29.1. The maximum absolute atomic E-state index is 13.8. The lowest BCUT2D eigenvalue weighted by Crippen LogP contribution is -2.26. The van der Waals surface area contributed by atoms with Crippen LogP contribution in [0.25, 0.3) is 0 Å². The van der Waals surface area contributed by atoms with Crippen molar-refractivity contribution >= 4 is 0 Å². The first-order chi connectivity index (χ1) is 14.2. The van der Waals surface area contributed by atoms with Crippen LogP contribution in [0.1, 0.15) is 71.1 Å². The largest absolute Gasteiger partial charge is 0.502 e. The standard InChI is InChI=1S/C25H38F2O2/c1-3-16-28-17-6-5-7-25(24(27)18-26)29-19-21-10-14-23(15-11-21)22-12-8-20(4-2)9-13-22/h4,6-7,17-18,20-23H,2-3,5,8-16,19H2,1H3/b17-6+,24-18-,25-7+. The van der Waals surface area contributed by atoms with Gasteiger partial charge in [0.2, 0.25) is 0 Å². The van der Waals surface area contributed by atoms with E-state index in [-0.39, 0.29) is 12.1 Å². The summed E-state index contributed by atoms with van der Waals surface area (Å²) in [6.07, 6.45) is 18.4. The second-order valence-corrected chi connectivity index (χ2v) is 8.51. The summed E-state index contributed by atoms with van der Waals surface area (Å²) in [7, 11) is 0. The van der Waals surface area contributed by atoms with E-state index < -0.39 is 5.83 Å². The molecule has 0 bridgehead atoms. The van der Waals surface area contributed by atoms with E-state index in [9.17, 15) is 8.78 Å². The Bertz CT molecular complexity index is 551. The zero-order chi connectivity index (χ0) is 20.9. The van der Waals surface area contributed by atoms with Gasteiger partial charge in [0.05, 0.1) is 19.5 Å². The molecular weight excluding hydrogens is 370 g/mol. The summed E-state index contributed by atoms with van der Waals surface area (Å²) < 4.78 is 37.4. The second-order valence-electron chi connectivity index (χ2n) is 8.51. The summed E-state index contributed by atoms with van der Waals surface area (Å²) in [6.45, 7) is 7.08. The molecule has 0 saturated heterocycles. The molecule has 0 aliphatic heterocycles. The molecule has 29 heavy (non-hydrogen) atoms. The minimum Gasteiger partial charge on any atom is -0.502 e.